The van der Waals surface area contributed by atoms with Crippen molar-refractivity contribution in [1.29, 1.82) is 0 Å². The number of halogens is 2. The highest BCUT2D eigenvalue weighted by Crippen LogP contribution is 2.22. The number of carbonyl (C=O) groups is 2. The van der Waals surface area contributed by atoms with Crippen LogP contribution < -0.4 is 10.2 Å². The maximum atomic E-state index is 12.2. The Morgan fingerprint density at radius 2 is 1.76 bits per heavy atom. The van der Waals surface area contributed by atoms with Gasteiger partial charge in [-0.05, 0) is 60.9 Å². The molecule has 1 fully saturated rings. The molecule has 0 saturated carbocycles. The Labute approximate surface area is 156 Å². The molecule has 0 aliphatic carbocycles. The highest BCUT2D eigenvalue weighted by atomic mass is 35.5. The van der Waals surface area contributed by atoms with Crippen molar-refractivity contribution in [3.05, 3.63) is 63.6 Å². The Kier molecular flexibility index (Phi) is 5.61. The van der Waals surface area contributed by atoms with Gasteiger partial charge in [-0.15, -0.1) is 0 Å². The van der Waals surface area contributed by atoms with Gasteiger partial charge in [0.05, 0.1) is 0 Å². The monoisotopic (exact) mass is 376 g/mol. The lowest BCUT2D eigenvalue weighted by Gasteiger charge is -2.15. The minimum absolute atomic E-state index is 0.136. The molecule has 6 heteroatoms. The van der Waals surface area contributed by atoms with Crippen molar-refractivity contribution in [2.45, 2.75) is 19.3 Å². The van der Waals surface area contributed by atoms with Gasteiger partial charge in [-0.2, -0.15) is 0 Å². The van der Waals surface area contributed by atoms with Crippen LogP contribution in [0, 0.1) is 0 Å². The van der Waals surface area contributed by atoms with E-state index in [0.29, 0.717) is 35.0 Å². The average Bonchev–Trinajstić information content (AvgIpc) is 3.00. The topological polar surface area (TPSA) is 49.4 Å². The zero-order valence-corrected chi connectivity index (χ0v) is 15.1. The summed E-state index contributed by atoms with van der Waals surface area (Å²) >= 11 is 11.9. The van der Waals surface area contributed by atoms with Crippen LogP contribution in [0.25, 0.3) is 0 Å². The molecule has 4 nitrogen and oxygen atoms in total. The van der Waals surface area contributed by atoms with Crippen molar-refractivity contribution >= 4 is 40.7 Å². The van der Waals surface area contributed by atoms with Gasteiger partial charge in [-0.3, -0.25) is 9.59 Å². The third kappa shape index (κ3) is 4.53. The van der Waals surface area contributed by atoms with E-state index in [-0.39, 0.29) is 11.8 Å². The number of nitrogens with zero attached hydrogens (tertiary/aromatic N) is 1. The molecule has 3 rings (SSSR count). The normalized spacial score (nSPS) is 14.0. The number of hydrogen-bond acceptors (Lipinski definition) is 2. The largest absolute Gasteiger partial charge is 0.352 e. The molecule has 2 aromatic rings. The summed E-state index contributed by atoms with van der Waals surface area (Å²) < 4.78 is 0. The quantitative estimate of drug-likeness (QED) is 0.853. The highest BCUT2D eigenvalue weighted by molar-refractivity contribution is 6.34. The Morgan fingerprint density at radius 3 is 2.36 bits per heavy atom. The van der Waals surface area contributed by atoms with Crippen LogP contribution in [0.15, 0.2) is 42.5 Å². The molecule has 0 unspecified atom stereocenters. The molecule has 2 aromatic carbocycles. The van der Waals surface area contributed by atoms with Gasteiger partial charge >= 0.3 is 0 Å². The fourth-order valence-corrected chi connectivity index (χ4v) is 3.46. The van der Waals surface area contributed by atoms with Gasteiger partial charge in [0.1, 0.15) is 0 Å². The highest BCUT2D eigenvalue weighted by Gasteiger charge is 2.21. The van der Waals surface area contributed by atoms with E-state index in [1.807, 2.05) is 24.3 Å². The molecule has 1 aliphatic rings. The van der Waals surface area contributed by atoms with E-state index >= 15 is 0 Å². The first-order chi connectivity index (χ1) is 12.0. The Morgan fingerprint density at radius 1 is 1.08 bits per heavy atom. The molecular weight excluding hydrogens is 359 g/mol. The fourth-order valence-electron chi connectivity index (χ4n) is 2.89. The molecule has 0 radical (unpaired) electrons. The van der Waals surface area contributed by atoms with Crippen molar-refractivity contribution in [2.24, 2.45) is 0 Å². The van der Waals surface area contributed by atoms with Gasteiger partial charge < -0.3 is 10.2 Å². The third-order valence-electron chi connectivity index (χ3n) is 4.14. The minimum Gasteiger partial charge on any atom is -0.352 e. The first-order valence-corrected chi connectivity index (χ1v) is 8.92. The van der Waals surface area contributed by atoms with E-state index in [0.717, 1.165) is 24.2 Å². The lowest BCUT2D eigenvalue weighted by atomic mass is 10.1. The van der Waals surface area contributed by atoms with Crippen molar-refractivity contribution in [3.8, 4) is 0 Å². The summed E-state index contributed by atoms with van der Waals surface area (Å²) in [5, 5.41) is 4.05. The van der Waals surface area contributed by atoms with E-state index in [9.17, 15) is 9.59 Å². The summed E-state index contributed by atoms with van der Waals surface area (Å²) in [6, 6.07) is 12.5. The zero-order chi connectivity index (χ0) is 17.8. The summed E-state index contributed by atoms with van der Waals surface area (Å²) in [6.07, 6.45) is 2.12. The summed E-state index contributed by atoms with van der Waals surface area (Å²) in [5.41, 5.74) is 2.38. The van der Waals surface area contributed by atoms with E-state index in [1.165, 1.54) is 0 Å². The van der Waals surface area contributed by atoms with Crippen molar-refractivity contribution in [1.82, 2.24) is 5.32 Å². The molecule has 0 atom stereocenters. The number of hydrogen-bond donors (Lipinski definition) is 1. The Hall–Kier alpha value is -2.04. The molecule has 0 spiro atoms. The van der Waals surface area contributed by atoms with Crippen LogP contribution in [0.5, 0.6) is 0 Å². The second-order valence-electron chi connectivity index (χ2n) is 5.98. The second kappa shape index (κ2) is 7.89. The van der Waals surface area contributed by atoms with Gasteiger partial charge in [0.2, 0.25) is 5.91 Å². The van der Waals surface area contributed by atoms with Crippen molar-refractivity contribution < 1.29 is 9.59 Å². The number of rotatable bonds is 5. The number of carbonyl (C=O) groups excluding carboxylic acids is 2. The van der Waals surface area contributed by atoms with E-state index in [2.05, 4.69) is 5.32 Å². The zero-order valence-electron chi connectivity index (χ0n) is 13.6. The Bertz CT molecular complexity index is 770. The van der Waals surface area contributed by atoms with Gasteiger partial charge in [0.15, 0.2) is 0 Å². The van der Waals surface area contributed by atoms with E-state index < -0.39 is 0 Å². The van der Waals surface area contributed by atoms with Gasteiger partial charge in [0, 0.05) is 40.8 Å². The van der Waals surface area contributed by atoms with Crippen LogP contribution in [0.2, 0.25) is 10.0 Å². The van der Waals surface area contributed by atoms with E-state index in [4.69, 9.17) is 23.2 Å². The molecule has 2 amide bonds. The predicted octanol–water partition coefficient (Wildman–Crippen LogP) is 4.09. The third-order valence-corrected chi connectivity index (χ3v) is 4.57. The first kappa shape index (κ1) is 17.8. The lowest BCUT2D eigenvalue weighted by Crippen LogP contribution is -2.26. The number of amides is 2. The van der Waals surface area contributed by atoms with E-state index in [1.54, 1.807) is 23.1 Å². The number of benzene rings is 2. The fraction of sp³-hybridized carbons (Fsp3) is 0.263. The smallest absolute Gasteiger partial charge is 0.251 e. The molecule has 25 heavy (non-hydrogen) atoms. The molecule has 0 bridgehead atoms. The maximum Gasteiger partial charge on any atom is 0.251 e. The summed E-state index contributed by atoms with van der Waals surface area (Å²) in [4.78, 5) is 25.7. The van der Waals surface area contributed by atoms with Crippen LogP contribution in [0.4, 0.5) is 5.69 Å². The molecular formula is C19H18Cl2N2O2. The first-order valence-electron chi connectivity index (χ1n) is 8.16. The van der Waals surface area contributed by atoms with Crippen LogP contribution >= 0.6 is 23.2 Å². The van der Waals surface area contributed by atoms with Gasteiger partial charge in [-0.25, -0.2) is 0 Å². The van der Waals surface area contributed by atoms with Gasteiger partial charge in [0.25, 0.3) is 5.91 Å². The van der Waals surface area contributed by atoms with Crippen LogP contribution in [-0.4, -0.2) is 24.9 Å². The molecule has 1 saturated heterocycles. The van der Waals surface area contributed by atoms with Crippen LogP contribution in [0.3, 0.4) is 0 Å². The summed E-state index contributed by atoms with van der Waals surface area (Å²) in [5.74, 6) is -0.00944. The van der Waals surface area contributed by atoms with Gasteiger partial charge in [-0.1, -0.05) is 23.2 Å². The average molecular weight is 377 g/mol. The van der Waals surface area contributed by atoms with Crippen LogP contribution in [0.1, 0.15) is 28.8 Å². The van der Waals surface area contributed by atoms with Crippen molar-refractivity contribution in [2.75, 3.05) is 18.0 Å². The molecule has 130 valence electrons. The molecule has 1 aliphatic heterocycles. The lowest BCUT2D eigenvalue weighted by molar-refractivity contribution is -0.117. The SMILES string of the molecule is O=C(NCCc1cc(Cl)cc(Cl)c1)c1ccc(N2CCCC2=O)cc1. The Balaban J connectivity index is 1.55. The number of nitrogens with one attached hydrogen (secondary N) is 1. The maximum absolute atomic E-state index is 12.2. The molecule has 1 N–H and O–H groups in total. The van der Waals surface area contributed by atoms with Crippen LogP contribution in [-0.2, 0) is 11.2 Å². The number of anilines is 1. The molecule has 1 heterocycles. The summed E-state index contributed by atoms with van der Waals surface area (Å²) in [6.45, 7) is 1.23. The second-order valence-corrected chi connectivity index (χ2v) is 6.85. The summed E-state index contributed by atoms with van der Waals surface area (Å²) in [7, 11) is 0. The predicted molar refractivity (Wildman–Crippen MR) is 101 cm³/mol. The van der Waals surface area contributed by atoms with Crippen molar-refractivity contribution in [3.63, 3.8) is 0 Å². The molecule has 0 aromatic heterocycles. The minimum atomic E-state index is -0.146. The standard InChI is InChI=1S/C19H18Cl2N2O2/c20-15-10-13(11-16(21)12-15)7-8-22-19(25)14-3-5-17(6-4-14)23-9-1-2-18(23)24/h3-6,10-12H,1-2,7-9H2,(H,22,25).